The van der Waals surface area contributed by atoms with Gasteiger partial charge in [0.25, 0.3) is 0 Å². The fourth-order valence-electron chi connectivity index (χ4n) is 4.41. The molecule has 7 nitrogen and oxygen atoms in total. The molecule has 3 aromatic rings. The number of carbonyl (C=O) groups is 2. The molecule has 162 valence electrons. The Hall–Kier alpha value is -3.03. The minimum absolute atomic E-state index is 0.00958. The van der Waals surface area contributed by atoms with E-state index in [9.17, 15) is 9.59 Å². The molecular weight excluding hydrogens is 394 g/mol. The van der Waals surface area contributed by atoms with Gasteiger partial charge in [-0.25, -0.2) is 4.98 Å². The number of pyridine rings is 1. The molecular formula is C24H27N3O4. The first kappa shape index (κ1) is 21.2. The van der Waals surface area contributed by atoms with Gasteiger partial charge in [-0.1, -0.05) is 30.3 Å². The summed E-state index contributed by atoms with van der Waals surface area (Å²) in [5.74, 6) is -0.816. The SMILES string of the molecule is O=CCOC(CCCC(=O)O)N1CCc2c(n(Cc3ccccc3)c3ncccc23)C1. The number of benzene rings is 1. The lowest BCUT2D eigenvalue weighted by atomic mass is 10.0. The van der Waals surface area contributed by atoms with Crippen LogP contribution in [-0.4, -0.2) is 51.2 Å². The summed E-state index contributed by atoms with van der Waals surface area (Å²) in [6, 6.07) is 14.4. The molecule has 0 spiro atoms. The fourth-order valence-corrected chi connectivity index (χ4v) is 4.41. The van der Waals surface area contributed by atoms with Crippen LogP contribution in [0.3, 0.4) is 0 Å². The third-order valence-corrected chi connectivity index (χ3v) is 5.83. The minimum atomic E-state index is -0.816. The van der Waals surface area contributed by atoms with Crippen molar-refractivity contribution in [1.29, 1.82) is 0 Å². The zero-order valence-electron chi connectivity index (χ0n) is 17.4. The second-order valence-electron chi connectivity index (χ2n) is 7.83. The second-order valence-corrected chi connectivity index (χ2v) is 7.83. The minimum Gasteiger partial charge on any atom is -0.481 e. The molecule has 7 heteroatoms. The van der Waals surface area contributed by atoms with Crippen LogP contribution in [-0.2, 0) is 33.8 Å². The number of nitrogens with zero attached hydrogens (tertiary/aromatic N) is 3. The lowest BCUT2D eigenvalue weighted by Gasteiger charge is -2.35. The third-order valence-electron chi connectivity index (χ3n) is 5.83. The molecule has 0 aliphatic carbocycles. The van der Waals surface area contributed by atoms with Crippen molar-refractivity contribution in [3.8, 4) is 0 Å². The topological polar surface area (TPSA) is 84.7 Å². The summed E-state index contributed by atoms with van der Waals surface area (Å²) in [6.45, 7) is 2.21. The molecule has 1 aromatic carbocycles. The molecule has 0 fully saturated rings. The van der Waals surface area contributed by atoms with Gasteiger partial charge in [-0.05, 0) is 42.5 Å². The van der Waals surface area contributed by atoms with E-state index in [1.54, 1.807) is 0 Å². The molecule has 0 radical (unpaired) electrons. The van der Waals surface area contributed by atoms with E-state index in [2.05, 4.69) is 32.7 Å². The van der Waals surface area contributed by atoms with Crippen molar-refractivity contribution in [2.45, 2.75) is 45.0 Å². The lowest BCUT2D eigenvalue weighted by molar-refractivity contribution is -0.138. The van der Waals surface area contributed by atoms with E-state index in [4.69, 9.17) is 9.84 Å². The van der Waals surface area contributed by atoms with E-state index < -0.39 is 5.97 Å². The monoisotopic (exact) mass is 421 g/mol. The Morgan fingerprint density at radius 1 is 1.23 bits per heavy atom. The van der Waals surface area contributed by atoms with Gasteiger partial charge in [0.2, 0.25) is 0 Å². The summed E-state index contributed by atoms with van der Waals surface area (Å²) in [4.78, 5) is 28.7. The number of aliphatic carboxylic acids is 1. The van der Waals surface area contributed by atoms with E-state index >= 15 is 0 Å². The first-order chi connectivity index (χ1) is 15.2. The smallest absolute Gasteiger partial charge is 0.303 e. The first-order valence-electron chi connectivity index (χ1n) is 10.7. The summed E-state index contributed by atoms with van der Waals surface area (Å²) in [5.41, 5.74) is 4.71. The zero-order valence-corrected chi connectivity index (χ0v) is 17.4. The van der Waals surface area contributed by atoms with Gasteiger partial charge in [0.15, 0.2) is 0 Å². The maximum absolute atomic E-state index is 10.9. The number of hydrogen-bond acceptors (Lipinski definition) is 5. The predicted molar refractivity (Wildman–Crippen MR) is 117 cm³/mol. The Labute approximate surface area is 181 Å². The Balaban J connectivity index is 1.63. The van der Waals surface area contributed by atoms with Crippen LogP contribution in [0.1, 0.15) is 36.1 Å². The quantitative estimate of drug-likeness (QED) is 0.506. The highest BCUT2D eigenvalue weighted by atomic mass is 16.5. The van der Waals surface area contributed by atoms with Gasteiger partial charge in [0.05, 0.1) is 0 Å². The Bertz CT molecular complexity index is 1050. The molecule has 1 N–H and O–H groups in total. The van der Waals surface area contributed by atoms with Gasteiger partial charge in [0, 0.05) is 43.3 Å². The lowest BCUT2D eigenvalue weighted by Crippen LogP contribution is -2.41. The number of aldehydes is 1. The maximum Gasteiger partial charge on any atom is 0.303 e. The number of aromatic nitrogens is 2. The number of carboxylic acids is 1. The van der Waals surface area contributed by atoms with Crippen LogP contribution in [0.5, 0.6) is 0 Å². The molecule has 1 unspecified atom stereocenters. The maximum atomic E-state index is 10.9. The Morgan fingerprint density at radius 3 is 2.84 bits per heavy atom. The molecule has 1 aliphatic heterocycles. The zero-order chi connectivity index (χ0) is 21.6. The third kappa shape index (κ3) is 4.84. The van der Waals surface area contributed by atoms with Crippen molar-refractivity contribution in [2.24, 2.45) is 0 Å². The first-order valence-corrected chi connectivity index (χ1v) is 10.7. The van der Waals surface area contributed by atoms with Gasteiger partial charge in [0.1, 0.15) is 24.8 Å². The number of carboxylic acid groups (broad SMARTS) is 1. The number of hydrogen-bond donors (Lipinski definition) is 1. The van der Waals surface area contributed by atoms with Crippen LogP contribution in [0.2, 0.25) is 0 Å². The fraction of sp³-hybridized carbons (Fsp3) is 0.375. The largest absolute Gasteiger partial charge is 0.481 e. The van der Waals surface area contributed by atoms with E-state index in [1.165, 1.54) is 22.2 Å². The van der Waals surface area contributed by atoms with E-state index in [-0.39, 0.29) is 19.3 Å². The van der Waals surface area contributed by atoms with Crippen LogP contribution in [0.25, 0.3) is 11.0 Å². The van der Waals surface area contributed by atoms with Crippen molar-refractivity contribution < 1.29 is 19.4 Å². The van der Waals surface area contributed by atoms with Gasteiger partial charge in [-0.2, -0.15) is 0 Å². The van der Waals surface area contributed by atoms with Crippen molar-refractivity contribution in [2.75, 3.05) is 13.2 Å². The molecule has 2 aromatic heterocycles. The van der Waals surface area contributed by atoms with Crippen molar-refractivity contribution in [1.82, 2.24) is 14.5 Å². The Kier molecular flexibility index (Phi) is 6.74. The molecule has 1 aliphatic rings. The van der Waals surface area contributed by atoms with Crippen LogP contribution in [0, 0.1) is 0 Å². The van der Waals surface area contributed by atoms with Gasteiger partial charge >= 0.3 is 5.97 Å². The standard InChI is InChI=1S/C24H27N3O4/c28-14-15-31-22(9-4-10-23(29)30)26-13-11-19-20-8-5-12-25-24(20)27(21(19)17-26)16-18-6-2-1-3-7-18/h1-3,5-8,12,14,22H,4,9-11,13,15-17H2,(H,29,30). The summed E-state index contributed by atoms with van der Waals surface area (Å²) in [5, 5.41) is 10.2. The predicted octanol–water partition coefficient (Wildman–Crippen LogP) is 3.24. The van der Waals surface area contributed by atoms with Gasteiger partial charge in [-0.15, -0.1) is 0 Å². The van der Waals surface area contributed by atoms with E-state index in [1.807, 2.05) is 30.5 Å². The number of rotatable bonds is 10. The highest BCUT2D eigenvalue weighted by Gasteiger charge is 2.29. The van der Waals surface area contributed by atoms with Crippen LogP contribution >= 0.6 is 0 Å². The van der Waals surface area contributed by atoms with Crippen LogP contribution < -0.4 is 0 Å². The van der Waals surface area contributed by atoms with Gasteiger partial charge in [-0.3, -0.25) is 9.69 Å². The van der Waals surface area contributed by atoms with Crippen LogP contribution in [0.4, 0.5) is 0 Å². The molecule has 0 saturated carbocycles. The highest BCUT2D eigenvalue weighted by molar-refractivity contribution is 5.82. The van der Waals surface area contributed by atoms with Crippen molar-refractivity contribution >= 4 is 23.3 Å². The molecule has 0 saturated heterocycles. The normalized spacial score (nSPS) is 15.0. The summed E-state index contributed by atoms with van der Waals surface area (Å²) in [7, 11) is 0. The van der Waals surface area contributed by atoms with E-state index in [0.29, 0.717) is 19.4 Å². The molecule has 3 heterocycles. The van der Waals surface area contributed by atoms with Crippen LogP contribution in [0.15, 0.2) is 48.7 Å². The summed E-state index contributed by atoms with van der Waals surface area (Å²) >= 11 is 0. The molecule has 31 heavy (non-hydrogen) atoms. The highest BCUT2D eigenvalue weighted by Crippen LogP contribution is 2.32. The molecule has 4 rings (SSSR count). The second kappa shape index (κ2) is 9.85. The van der Waals surface area contributed by atoms with E-state index in [0.717, 1.165) is 31.4 Å². The van der Waals surface area contributed by atoms with Gasteiger partial charge < -0.3 is 19.2 Å². The summed E-state index contributed by atoms with van der Waals surface area (Å²) in [6.07, 6.45) is 4.33. The number of ether oxygens (including phenoxy) is 1. The average molecular weight is 421 g/mol. The molecule has 0 bridgehead atoms. The van der Waals surface area contributed by atoms with Crippen molar-refractivity contribution in [3.05, 3.63) is 65.5 Å². The Morgan fingerprint density at radius 2 is 2.06 bits per heavy atom. The number of fused-ring (bicyclic) bond motifs is 3. The van der Waals surface area contributed by atoms with Crippen molar-refractivity contribution in [3.63, 3.8) is 0 Å². The summed E-state index contributed by atoms with van der Waals surface area (Å²) < 4.78 is 8.08. The number of carbonyl (C=O) groups excluding carboxylic acids is 1. The average Bonchev–Trinajstić information content (AvgIpc) is 3.10. The molecule has 1 atom stereocenters. The molecule has 0 amide bonds.